The average Bonchev–Trinajstić information content (AvgIpc) is 2.85. The fourth-order valence-electron chi connectivity index (χ4n) is 3.15. The summed E-state index contributed by atoms with van der Waals surface area (Å²) in [6.07, 6.45) is 3.25. The van der Waals surface area contributed by atoms with Crippen LogP contribution in [-0.2, 0) is 28.7 Å². The van der Waals surface area contributed by atoms with Crippen LogP contribution in [0.15, 0.2) is 24.1 Å². The molecular weight excluding hydrogens is 345 g/mol. The second-order valence-electron chi connectivity index (χ2n) is 7.27. The topological polar surface area (TPSA) is 90.0 Å². The molecule has 0 bridgehead atoms. The zero-order chi connectivity index (χ0) is 19.9. The van der Waals surface area contributed by atoms with E-state index in [9.17, 15) is 23.6 Å². The number of amides is 2. The van der Waals surface area contributed by atoms with E-state index >= 15 is 0 Å². The molecule has 8 heteroatoms. The summed E-state index contributed by atoms with van der Waals surface area (Å²) in [5.74, 6) is -5.23. The Kier molecular flexibility index (Phi) is 5.07. The molecule has 0 saturated heterocycles. The van der Waals surface area contributed by atoms with Crippen LogP contribution in [0.5, 0.6) is 0 Å². The number of esters is 2. The molecule has 0 radical (unpaired) electrons. The van der Waals surface area contributed by atoms with E-state index in [2.05, 4.69) is 4.74 Å². The normalized spacial score (nSPS) is 24.7. The molecule has 1 aliphatic carbocycles. The van der Waals surface area contributed by atoms with E-state index in [1.54, 1.807) is 20.8 Å². The lowest BCUT2D eigenvalue weighted by Crippen LogP contribution is -2.50. The fourth-order valence-corrected chi connectivity index (χ4v) is 3.15. The molecule has 1 heterocycles. The molecule has 2 aliphatic rings. The van der Waals surface area contributed by atoms with E-state index in [4.69, 9.17) is 4.74 Å². The van der Waals surface area contributed by atoms with Crippen LogP contribution in [0.25, 0.3) is 0 Å². The van der Waals surface area contributed by atoms with Gasteiger partial charge in [0.25, 0.3) is 11.8 Å². The molecular formula is C18H22FNO6. The molecule has 0 aromatic heterocycles. The molecule has 2 amide bonds. The predicted octanol–water partition coefficient (Wildman–Crippen LogP) is 1.88. The van der Waals surface area contributed by atoms with Gasteiger partial charge in [-0.1, -0.05) is 13.8 Å². The van der Waals surface area contributed by atoms with Gasteiger partial charge in [0.15, 0.2) is 5.72 Å². The van der Waals surface area contributed by atoms with Crippen molar-refractivity contribution in [3.8, 4) is 0 Å². The van der Waals surface area contributed by atoms with E-state index in [1.165, 1.54) is 13.8 Å². The second-order valence-corrected chi connectivity index (χ2v) is 7.27. The van der Waals surface area contributed by atoms with Gasteiger partial charge in [0, 0.05) is 12.2 Å². The molecule has 2 atom stereocenters. The van der Waals surface area contributed by atoms with Gasteiger partial charge in [-0.2, -0.15) is 4.39 Å². The fraction of sp³-hybridized carbons (Fsp3) is 0.556. The van der Waals surface area contributed by atoms with Crippen LogP contribution in [0.2, 0.25) is 0 Å². The summed E-state index contributed by atoms with van der Waals surface area (Å²) in [4.78, 5) is 48.3. The van der Waals surface area contributed by atoms with E-state index in [0.29, 0.717) is 0 Å². The van der Waals surface area contributed by atoms with Gasteiger partial charge in [-0.15, -0.1) is 0 Å². The van der Waals surface area contributed by atoms with Crippen LogP contribution >= 0.6 is 0 Å². The van der Waals surface area contributed by atoms with Crippen LogP contribution < -0.4 is 0 Å². The molecule has 0 unspecified atom stereocenters. The minimum Gasteiger partial charge on any atom is -0.461 e. The Morgan fingerprint density at radius 3 is 2.31 bits per heavy atom. The van der Waals surface area contributed by atoms with Crippen LogP contribution in [0, 0.1) is 17.3 Å². The number of imide groups is 1. The number of allylic oxidation sites excluding steroid dienone is 1. The lowest BCUT2D eigenvalue weighted by molar-refractivity contribution is -0.183. The van der Waals surface area contributed by atoms with Gasteiger partial charge in [-0.05, 0) is 38.2 Å². The van der Waals surface area contributed by atoms with Crippen molar-refractivity contribution in [3.05, 3.63) is 24.1 Å². The zero-order valence-electron chi connectivity index (χ0n) is 15.4. The quantitative estimate of drug-likeness (QED) is 0.404. The molecule has 0 aromatic carbocycles. The van der Waals surface area contributed by atoms with E-state index in [-0.39, 0.29) is 6.61 Å². The molecule has 26 heavy (non-hydrogen) atoms. The van der Waals surface area contributed by atoms with E-state index in [0.717, 1.165) is 23.1 Å². The third kappa shape index (κ3) is 3.54. The predicted molar refractivity (Wildman–Crippen MR) is 87.7 cm³/mol. The molecule has 1 fully saturated rings. The van der Waals surface area contributed by atoms with Gasteiger partial charge in [-0.25, -0.2) is 9.69 Å². The first-order valence-electron chi connectivity index (χ1n) is 8.27. The molecule has 0 aromatic rings. The molecule has 142 valence electrons. The highest BCUT2D eigenvalue weighted by Gasteiger charge is 2.63. The van der Waals surface area contributed by atoms with Crippen molar-refractivity contribution < 1.29 is 33.0 Å². The first kappa shape index (κ1) is 19.8. The number of rotatable bonds is 6. The third-order valence-electron chi connectivity index (χ3n) is 4.66. The second kappa shape index (κ2) is 6.66. The minimum absolute atomic E-state index is 0.0414. The molecule has 2 rings (SSSR count). The third-order valence-corrected chi connectivity index (χ3v) is 4.66. The number of hydrogen-bond donors (Lipinski definition) is 0. The average molecular weight is 367 g/mol. The monoisotopic (exact) mass is 367 g/mol. The van der Waals surface area contributed by atoms with Crippen molar-refractivity contribution in [3.63, 3.8) is 0 Å². The van der Waals surface area contributed by atoms with Gasteiger partial charge in [0.05, 0.1) is 12.5 Å². The van der Waals surface area contributed by atoms with Crippen molar-refractivity contribution in [1.82, 2.24) is 4.90 Å². The number of nitrogens with zero attached hydrogens (tertiary/aromatic N) is 1. The van der Waals surface area contributed by atoms with E-state index in [1.807, 2.05) is 0 Å². The summed E-state index contributed by atoms with van der Waals surface area (Å²) in [6, 6.07) is 0. The van der Waals surface area contributed by atoms with Crippen molar-refractivity contribution in [2.24, 2.45) is 17.3 Å². The first-order chi connectivity index (χ1) is 11.9. The maximum absolute atomic E-state index is 13.9. The lowest BCUT2D eigenvalue weighted by Gasteiger charge is -2.33. The maximum Gasteiger partial charge on any atom is 0.366 e. The largest absolute Gasteiger partial charge is 0.461 e. The van der Waals surface area contributed by atoms with Crippen molar-refractivity contribution in [2.45, 2.75) is 40.3 Å². The number of hydrogen-bond acceptors (Lipinski definition) is 6. The minimum atomic E-state index is -1.48. The Hall–Kier alpha value is -2.51. The van der Waals surface area contributed by atoms with Gasteiger partial charge in [0.2, 0.25) is 5.83 Å². The lowest BCUT2D eigenvalue weighted by atomic mass is 10.1. The Balaban J connectivity index is 2.10. The van der Waals surface area contributed by atoms with Gasteiger partial charge in [-0.3, -0.25) is 14.4 Å². The molecule has 7 nitrogen and oxygen atoms in total. The number of ether oxygens (including phenoxy) is 2. The maximum atomic E-state index is 13.9. The summed E-state index contributed by atoms with van der Waals surface area (Å²) in [6.45, 7) is 7.92. The summed E-state index contributed by atoms with van der Waals surface area (Å²) in [7, 11) is 0. The Morgan fingerprint density at radius 2 is 1.81 bits per heavy atom. The Bertz CT molecular complexity index is 703. The van der Waals surface area contributed by atoms with Crippen LogP contribution in [-0.4, -0.2) is 41.0 Å². The Morgan fingerprint density at radius 1 is 1.27 bits per heavy atom. The zero-order valence-corrected chi connectivity index (χ0v) is 15.4. The number of halogens is 1. The van der Waals surface area contributed by atoms with Crippen molar-refractivity contribution >= 4 is 23.8 Å². The first-order valence-corrected chi connectivity index (χ1v) is 8.27. The standard InChI is InChI=1S/C18H22FNO6/c1-6-25-15(23)11(19)9-10-14(17(10,2)3)16(24)26-18(4,5)20-12(21)7-8-13(20)22/h7-10,14H,6H2,1-5H3/b11-9+/t10-,14-/m0/s1. The smallest absolute Gasteiger partial charge is 0.366 e. The summed E-state index contributed by atoms with van der Waals surface area (Å²) in [5, 5.41) is 0. The summed E-state index contributed by atoms with van der Waals surface area (Å²) >= 11 is 0. The molecule has 1 saturated carbocycles. The molecule has 1 aliphatic heterocycles. The number of carbonyl (C=O) groups is 4. The highest BCUT2D eigenvalue weighted by molar-refractivity contribution is 6.13. The van der Waals surface area contributed by atoms with Crippen molar-refractivity contribution in [1.29, 1.82) is 0 Å². The highest BCUT2D eigenvalue weighted by Crippen LogP contribution is 2.60. The van der Waals surface area contributed by atoms with Crippen LogP contribution in [0.1, 0.15) is 34.6 Å². The van der Waals surface area contributed by atoms with Crippen LogP contribution in [0.4, 0.5) is 4.39 Å². The van der Waals surface area contributed by atoms with Crippen molar-refractivity contribution in [2.75, 3.05) is 6.61 Å². The molecule has 0 N–H and O–H groups in total. The number of carbonyl (C=O) groups excluding carboxylic acids is 4. The van der Waals surface area contributed by atoms with Gasteiger partial charge < -0.3 is 9.47 Å². The molecule has 0 spiro atoms. The highest BCUT2D eigenvalue weighted by atomic mass is 19.1. The van der Waals surface area contributed by atoms with E-state index < -0.39 is 52.6 Å². The van der Waals surface area contributed by atoms with Crippen LogP contribution in [0.3, 0.4) is 0 Å². The summed E-state index contributed by atoms with van der Waals surface area (Å²) < 4.78 is 23.8. The SMILES string of the molecule is CCOC(=O)/C(F)=C\[C@H]1[C@@H](C(=O)OC(C)(C)N2C(=O)C=CC2=O)C1(C)C. The van der Waals surface area contributed by atoms with Gasteiger partial charge in [0.1, 0.15) is 0 Å². The Labute approximate surface area is 150 Å². The summed E-state index contributed by atoms with van der Waals surface area (Å²) in [5.41, 5.74) is -2.12. The van der Waals surface area contributed by atoms with Gasteiger partial charge >= 0.3 is 11.9 Å².